The Morgan fingerprint density at radius 2 is 2.39 bits per heavy atom. The number of nitrogens with zero attached hydrogens (tertiary/aromatic N) is 1. The van der Waals surface area contributed by atoms with Gasteiger partial charge in [0.1, 0.15) is 0 Å². The van der Waals surface area contributed by atoms with E-state index in [0.717, 1.165) is 0 Å². The van der Waals surface area contributed by atoms with E-state index in [1.54, 1.807) is 17.5 Å². The molecule has 0 unspecified atom stereocenters. The van der Waals surface area contributed by atoms with Crippen LogP contribution in [0.1, 0.15) is 16.1 Å². The molecule has 0 aliphatic carbocycles. The molecule has 0 amide bonds. The summed E-state index contributed by atoms with van der Waals surface area (Å²) in [5, 5.41) is 13.2. The maximum absolute atomic E-state index is 11.7. The zero-order valence-corrected chi connectivity index (χ0v) is 10.5. The van der Waals surface area contributed by atoms with Gasteiger partial charge in [-0.05, 0) is 23.6 Å². The van der Waals surface area contributed by atoms with Crippen molar-refractivity contribution in [3.63, 3.8) is 0 Å². The monoisotopic (exact) mass is 261 g/mol. The molecule has 0 aliphatic rings. The Labute approximate surface area is 108 Å². The van der Waals surface area contributed by atoms with E-state index in [1.165, 1.54) is 36.8 Å². The van der Waals surface area contributed by atoms with Gasteiger partial charge in [0.2, 0.25) is 0 Å². The van der Waals surface area contributed by atoms with Crippen molar-refractivity contribution in [1.82, 2.24) is 4.98 Å². The Balaban J connectivity index is 2.14. The molecule has 2 aromatic rings. The van der Waals surface area contributed by atoms with E-state index < -0.39 is 0 Å². The van der Waals surface area contributed by atoms with Crippen LogP contribution in [0.3, 0.4) is 0 Å². The minimum Gasteiger partial charge on any atom is -0.504 e. The number of aromatic hydroxyl groups is 1. The van der Waals surface area contributed by atoms with Crippen LogP contribution in [0.2, 0.25) is 0 Å². The van der Waals surface area contributed by atoms with Gasteiger partial charge in [-0.15, -0.1) is 0 Å². The molecule has 0 saturated carbocycles. The standard InChI is InChI=1S/C13H11NO3S/c1-17-13-7-14-10(6-12(13)16)2-3-11(15)9-4-5-18-8-9/h2-8H,1H3,(H,14,16). The van der Waals surface area contributed by atoms with Gasteiger partial charge in [-0.1, -0.05) is 0 Å². The van der Waals surface area contributed by atoms with Gasteiger partial charge in [0.05, 0.1) is 19.0 Å². The third kappa shape index (κ3) is 2.75. The third-order valence-corrected chi connectivity index (χ3v) is 2.98. The third-order valence-electron chi connectivity index (χ3n) is 2.30. The van der Waals surface area contributed by atoms with Crippen molar-refractivity contribution in [3.05, 3.63) is 46.4 Å². The Hall–Kier alpha value is -2.14. The Kier molecular flexibility index (Phi) is 3.74. The van der Waals surface area contributed by atoms with Crippen LogP contribution in [0.15, 0.2) is 35.2 Å². The molecule has 4 nitrogen and oxygen atoms in total. The van der Waals surface area contributed by atoms with E-state index in [-0.39, 0.29) is 11.5 Å². The van der Waals surface area contributed by atoms with Crippen molar-refractivity contribution in [2.24, 2.45) is 0 Å². The van der Waals surface area contributed by atoms with E-state index in [4.69, 9.17) is 4.74 Å². The summed E-state index contributed by atoms with van der Waals surface area (Å²) in [6.45, 7) is 0. The molecule has 0 atom stereocenters. The second-order valence-corrected chi connectivity index (χ2v) is 4.27. The number of thiophene rings is 1. The van der Waals surface area contributed by atoms with Crippen molar-refractivity contribution in [3.8, 4) is 11.5 Å². The summed E-state index contributed by atoms with van der Waals surface area (Å²) >= 11 is 1.47. The number of methoxy groups -OCH3 is 1. The molecule has 2 heterocycles. The summed E-state index contributed by atoms with van der Waals surface area (Å²) in [5.74, 6) is 0.208. The lowest BCUT2D eigenvalue weighted by Crippen LogP contribution is -1.91. The van der Waals surface area contributed by atoms with Crippen molar-refractivity contribution in [2.45, 2.75) is 0 Å². The summed E-state index contributed by atoms with van der Waals surface area (Å²) in [7, 11) is 1.45. The molecule has 5 heteroatoms. The maximum atomic E-state index is 11.7. The number of ketones is 1. The van der Waals surface area contributed by atoms with Crippen molar-refractivity contribution in [1.29, 1.82) is 0 Å². The highest BCUT2D eigenvalue weighted by atomic mass is 32.1. The van der Waals surface area contributed by atoms with Crippen LogP contribution >= 0.6 is 11.3 Å². The highest BCUT2D eigenvalue weighted by Gasteiger charge is 2.04. The number of carbonyl (C=O) groups is 1. The van der Waals surface area contributed by atoms with Crippen molar-refractivity contribution >= 4 is 23.2 Å². The number of hydrogen-bond donors (Lipinski definition) is 1. The molecule has 2 aromatic heterocycles. The average Bonchev–Trinajstić information content (AvgIpc) is 2.90. The van der Waals surface area contributed by atoms with Gasteiger partial charge in [-0.2, -0.15) is 11.3 Å². The molecule has 0 fully saturated rings. The summed E-state index contributed by atoms with van der Waals surface area (Å²) in [5.41, 5.74) is 1.14. The second-order valence-electron chi connectivity index (χ2n) is 3.49. The highest BCUT2D eigenvalue weighted by molar-refractivity contribution is 7.08. The molecule has 0 aromatic carbocycles. The van der Waals surface area contributed by atoms with Gasteiger partial charge in [0, 0.05) is 17.0 Å². The first-order valence-corrected chi connectivity index (χ1v) is 6.12. The summed E-state index contributed by atoms with van der Waals surface area (Å²) in [6, 6.07) is 3.20. The van der Waals surface area contributed by atoms with E-state index in [0.29, 0.717) is 17.0 Å². The molecule has 0 bridgehead atoms. The number of rotatable bonds is 4. The zero-order valence-electron chi connectivity index (χ0n) is 9.66. The van der Waals surface area contributed by atoms with Crippen LogP contribution in [0.5, 0.6) is 11.5 Å². The van der Waals surface area contributed by atoms with E-state index in [2.05, 4.69) is 4.98 Å². The molecule has 92 valence electrons. The minimum absolute atomic E-state index is 0.00451. The quantitative estimate of drug-likeness (QED) is 0.679. The van der Waals surface area contributed by atoms with Gasteiger partial charge < -0.3 is 9.84 Å². The van der Waals surface area contributed by atoms with Crippen molar-refractivity contribution < 1.29 is 14.6 Å². The Morgan fingerprint density at radius 1 is 1.56 bits per heavy atom. The number of carbonyl (C=O) groups excluding carboxylic acids is 1. The normalized spacial score (nSPS) is 10.7. The first kappa shape index (κ1) is 12.3. The second kappa shape index (κ2) is 5.46. The maximum Gasteiger partial charge on any atom is 0.186 e. The van der Waals surface area contributed by atoms with Gasteiger partial charge in [0.15, 0.2) is 17.3 Å². The highest BCUT2D eigenvalue weighted by Crippen LogP contribution is 2.24. The largest absolute Gasteiger partial charge is 0.504 e. The summed E-state index contributed by atoms with van der Waals surface area (Å²) in [6.07, 6.45) is 4.39. The Morgan fingerprint density at radius 3 is 3.00 bits per heavy atom. The van der Waals surface area contributed by atoms with Crippen LogP contribution in [-0.2, 0) is 0 Å². The molecule has 0 radical (unpaired) electrons. The van der Waals surface area contributed by atoms with Gasteiger partial charge >= 0.3 is 0 Å². The summed E-state index contributed by atoms with van der Waals surface area (Å²) in [4.78, 5) is 15.7. The molecule has 1 N–H and O–H groups in total. The predicted octanol–water partition coefficient (Wildman–Crippen LogP) is 2.75. The van der Waals surface area contributed by atoms with Gasteiger partial charge in [-0.25, -0.2) is 0 Å². The van der Waals surface area contributed by atoms with Gasteiger partial charge in [0.25, 0.3) is 0 Å². The summed E-state index contributed by atoms with van der Waals surface area (Å²) < 4.78 is 4.88. The number of allylic oxidation sites excluding steroid dienone is 1. The first-order chi connectivity index (χ1) is 8.70. The fourth-order valence-electron chi connectivity index (χ4n) is 1.36. The molecule has 0 aliphatic heterocycles. The minimum atomic E-state index is -0.0895. The van der Waals surface area contributed by atoms with Crippen LogP contribution in [0.4, 0.5) is 0 Å². The van der Waals surface area contributed by atoms with Crippen LogP contribution < -0.4 is 4.74 Å². The van der Waals surface area contributed by atoms with Crippen LogP contribution in [0.25, 0.3) is 6.08 Å². The Bertz CT molecular complexity index is 576. The smallest absolute Gasteiger partial charge is 0.186 e. The lowest BCUT2D eigenvalue weighted by molar-refractivity contribution is 0.104. The van der Waals surface area contributed by atoms with E-state index >= 15 is 0 Å². The van der Waals surface area contributed by atoms with E-state index in [9.17, 15) is 9.90 Å². The average molecular weight is 261 g/mol. The SMILES string of the molecule is COc1cnc(C=CC(=O)c2ccsc2)cc1O. The molecule has 2 rings (SSSR count). The van der Waals surface area contributed by atoms with E-state index in [1.807, 2.05) is 5.38 Å². The first-order valence-electron chi connectivity index (χ1n) is 5.18. The van der Waals surface area contributed by atoms with Crippen molar-refractivity contribution in [2.75, 3.05) is 7.11 Å². The van der Waals surface area contributed by atoms with Crippen LogP contribution in [-0.4, -0.2) is 23.0 Å². The lowest BCUT2D eigenvalue weighted by Gasteiger charge is -2.02. The van der Waals surface area contributed by atoms with Crippen LogP contribution in [0, 0.1) is 0 Å². The fraction of sp³-hybridized carbons (Fsp3) is 0.0769. The zero-order chi connectivity index (χ0) is 13.0. The van der Waals surface area contributed by atoms with Gasteiger partial charge in [-0.3, -0.25) is 9.78 Å². The molecular weight excluding hydrogens is 250 g/mol. The number of aromatic nitrogens is 1. The number of ether oxygens (including phenoxy) is 1. The molecule has 0 spiro atoms. The lowest BCUT2D eigenvalue weighted by atomic mass is 10.2. The molecular formula is C13H11NO3S. The fourth-order valence-corrected chi connectivity index (χ4v) is 2.00. The predicted molar refractivity (Wildman–Crippen MR) is 70.1 cm³/mol. The molecule has 18 heavy (non-hydrogen) atoms. The number of hydrogen-bond acceptors (Lipinski definition) is 5. The topological polar surface area (TPSA) is 59.4 Å². The molecule has 0 saturated heterocycles. The number of pyridine rings is 1.